The molecular weight excluding hydrogens is 283 g/mol. The van der Waals surface area contributed by atoms with Crippen molar-refractivity contribution in [3.63, 3.8) is 0 Å². The minimum atomic E-state index is 0.193. The molecule has 0 aromatic carbocycles. The third kappa shape index (κ3) is 2.66. The Hall–Kier alpha value is -1.14. The zero-order valence-electron chi connectivity index (χ0n) is 7.44. The van der Waals surface area contributed by atoms with Crippen LogP contribution >= 0.6 is 27.5 Å². The second-order valence-electron chi connectivity index (χ2n) is 2.67. The Kier molecular flexibility index (Phi) is 3.17. The van der Waals surface area contributed by atoms with Gasteiger partial charge >= 0.3 is 0 Å². The number of aromatic nitrogens is 3. The molecule has 0 atom stereocenters. The zero-order valence-corrected chi connectivity index (χ0v) is 9.79. The number of hydrogen-bond acceptors (Lipinski definition) is 5. The molecular formula is C8H6BrClN4O. The van der Waals surface area contributed by atoms with Gasteiger partial charge in [0.2, 0.25) is 5.28 Å². The molecule has 2 rings (SSSR count). The van der Waals surface area contributed by atoms with E-state index < -0.39 is 0 Å². The van der Waals surface area contributed by atoms with E-state index in [2.05, 4.69) is 36.4 Å². The van der Waals surface area contributed by atoms with E-state index in [0.717, 1.165) is 10.2 Å². The standard InChI is InChI=1S/C8H6BrClN4O/c9-6-4-12-8(10)14-7(6)11-3-5-1-2-13-15-5/h1-2,4H,3H2,(H,11,12,14). The highest BCUT2D eigenvalue weighted by atomic mass is 79.9. The molecule has 7 heteroatoms. The Balaban J connectivity index is 2.07. The number of nitrogens with zero attached hydrogens (tertiary/aromatic N) is 3. The lowest BCUT2D eigenvalue weighted by molar-refractivity contribution is 0.388. The van der Waals surface area contributed by atoms with Crippen molar-refractivity contribution in [2.45, 2.75) is 6.54 Å². The number of anilines is 1. The number of halogens is 2. The van der Waals surface area contributed by atoms with Gasteiger partial charge in [-0.1, -0.05) is 5.16 Å². The van der Waals surface area contributed by atoms with Crippen molar-refractivity contribution in [1.82, 2.24) is 15.1 Å². The van der Waals surface area contributed by atoms with Gasteiger partial charge in [-0.05, 0) is 27.5 Å². The van der Waals surface area contributed by atoms with Crippen molar-refractivity contribution in [1.29, 1.82) is 0 Å². The van der Waals surface area contributed by atoms with Crippen LogP contribution in [0.5, 0.6) is 0 Å². The Bertz CT molecular complexity index is 448. The molecule has 78 valence electrons. The molecule has 0 saturated carbocycles. The van der Waals surface area contributed by atoms with E-state index in [1.54, 1.807) is 18.5 Å². The Labute approximate surface area is 99.0 Å². The normalized spacial score (nSPS) is 10.3. The zero-order chi connectivity index (χ0) is 10.7. The smallest absolute Gasteiger partial charge is 0.224 e. The second kappa shape index (κ2) is 4.59. The molecule has 2 aromatic heterocycles. The molecule has 0 aliphatic heterocycles. The number of hydrogen-bond donors (Lipinski definition) is 1. The van der Waals surface area contributed by atoms with Gasteiger partial charge < -0.3 is 9.84 Å². The van der Waals surface area contributed by atoms with Crippen molar-refractivity contribution in [3.8, 4) is 0 Å². The highest BCUT2D eigenvalue weighted by Crippen LogP contribution is 2.20. The Morgan fingerprint density at radius 1 is 1.53 bits per heavy atom. The minimum absolute atomic E-state index is 0.193. The van der Waals surface area contributed by atoms with Gasteiger partial charge in [-0.3, -0.25) is 0 Å². The van der Waals surface area contributed by atoms with Gasteiger partial charge in [0.1, 0.15) is 5.82 Å². The molecule has 0 unspecified atom stereocenters. The summed E-state index contributed by atoms with van der Waals surface area (Å²) in [6.45, 7) is 0.492. The van der Waals surface area contributed by atoms with E-state index in [1.807, 2.05) is 0 Å². The van der Waals surface area contributed by atoms with E-state index in [-0.39, 0.29) is 5.28 Å². The fourth-order valence-electron chi connectivity index (χ4n) is 0.974. The average molecular weight is 290 g/mol. The molecule has 0 bridgehead atoms. The molecule has 0 radical (unpaired) electrons. The Morgan fingerprint density at radius 2 is 2.40 bits per heavy atom. The second-order valence-corrected chi connectivity index (χ2v) is 3.86. The van der Waals surface area contributed by atoms with Crippen LogP contribution in [-0.2, 0) is 6.54 Å². The molecule has 0 aliphatic rings. The maximum absolute atomic E-state index is 5.66. The van der Waals surface area contributed by atoms with Crippen molar-refractivity contribution in [2.75, 3.05) is 5.32 Å². The predicted molar refractivity (Wildman–Crippen MR) is 58.6 cm³/mol. The highest BCUT2D eigenvalue weighted by Gasteiger charge is 2.04. The summed E-state index contributed by atoms with van der Waals surface area (Å²) in [7, 11) is 0. The van der Waals surface area contributed by atoms with Crippen molar-refractivity contribution in [2.24, 2.45) is 0 Å². The first-order chi connectivity index (χ1) is 7.25. The first kappa shape index (κ1) is 10.4. The van der Waals surface area contributed by atoms with Gasteiger partial charge in [-0.25, -0.2) is 4.98 Å². The van der Waals surface area contributed by atoms with Gasteiger partial charge in [0.05, 0.1) is 17.2 Å². The molecule has 0 saturated heterocycles. The molecule has 0 amide bonds. The van der Waals surface area contributed by atoms with Crippen molar-refractivity contribution >= 4 is 33.3 Å². The van der Waals surface area contributed by atoms with Gasteiger partial charge in [0.25, 0.3) is 0 Å². The van der Waals surface area contributed by atoms with E-state index in [9.17, 15) is 0 Å². The maximum atomic E-state index is 5.66. The molecule has 2 heterocycles. The van der Waals surface area contributed by atoms with Crippen LogP contribution in [-0.4, -0.2) is 15.1 Å². The lowest BCUT2D eigenvalue weighted by atomic mass is 10.4. The van der Waals surface area contributed by atoms with Crippen LogP contribution in [0.25, 0.3) is 0 Å². The summed E-state index contributed by atoms with van der Waals surface area (Å²) >= 11 is 8.96. The van der Waals surface area contributed by atoms with Gasteiger partial charge in [0.15, 0.2) is 5.76 Å². The SMILES string of the molecule is Clc1ncc(Br)c(NCc2ccno2)n1. The van der Waals surface area contributed by atoms with Crippen molar-refractivity contribution in [3.05, 3.63) is 34.0 Å². The number of nitrogens with one attached hydrogen (secondary N) is 1. The monoisotopic (exact) mass is 288 g/mol. The van der Waals surface area contributed by atoms with Crippen LogP contribution in [0.2, 0.25) is 5.28 Å². The Morgan fingerprint density at radius 3 is 3.13 bits per heavy atom. The van der Waals surface area contributed by atoms with E-state index in [4.69, 9.17) is 16.1 Å². The molecule has 5 nitrogen and oxygen atoms in total. The third-order valence-electron chi connectivity index (χ3n) is 1.64. The molecule has 15 heavy (non-hydrogen) atoms. The van der Waals surface area contributed by atoms with E-state index in [0.29, 0.717) is 12.4 Å². The summed E-state index contributed by atoms with van der Waals surface area (Å²) in [5.41, 5.74) is 0. The van der Waals surface area contributed by atoms with Gasteiger partial charge in [-0.2, -0.15) is 4.98 Å². The van der Waals surface area contributed by atoms with Gasteiger partial charge in [0, 0.05) is 12.3 Å². The summed E-state index contributed by atoms with van der Waals surface area (Å²) < 4.78 is 5.66. The van der Waals surface area contributed by atoms with E-state index in [1.165, 1.54) is 0 Å². The van der Waals surface area contributed by atoms with Gasteiger partial charge in [-0.15, -0.1) is 0 Å². The fraction of sp³-hybridized carbons (Fsp3) is 0.125. The summed E-state index contributed by atoms with van der Waals surface area (Å²) in [4.78, 5) is 7.82. The molecule has 0 fully saturated rings. The first-order valence-corrected chi connectivity index (χ1v) is 5.24. The molecule has 0 aliphatic carbocycles. The molecule has 1 N–H and O–H groups in total. The quantitative estimate of drug-likeness (QED) is 0.880. The largest absolute Gasteiger partial charge is 0.362 e. The summed E-state index contributed by atoms with van der Waals surface area (Å²) in [5.74, 6) is 1.34. The average Bonchev–Trinajstić information content (AvgIpc) is 2.72. The topological polar surface area (TPSA) is 63.8 Å². The lowest BCUT2D eigenvalue weighted by Gasteiger charge is -2.04. The molecule has 2 aromatic rings. The lowest BCUT2D eigenvalue weighted by Crippen LogP contribution is -2.02. The van der Waals surface area contributed by atoms with Crippen molar-refractivity contribution < 1.29 is 4.52 Å². The molecule has 0 spiro atoms. The summed E-state index contributed by atoms with van der Waals surface area (Å²) in [6, 6.07) is 1.77. The summed E-state index contributed by atoms with van der Waals surface area (Å²) in [6.07, 6.45) is 3.16. The maximum Gasteiger partial charge on any atom is 0.224 e. The van der Waals surface area contributed by atoms with E-state index >= 15 is 0 Å². The third-order valence-corrected chi connectivity index (χ3v) is 2.40. The van der Waals surface area contributed by atoms with Crippen LogP contribution in [0.15, 0.2) is 27.5 Å². The fourth-order valence-corrected chi connectivity index (χ4v) is 1.44. The van der Waals surface area contributed by atoms with Crippen LogP contribution < -0.4 is 5.32 Å². The number of rotatable bonds is 3. The summed E-state index contributed by atoms with van der Waals surface area (Å²) in [5, 5.41) is 6.82. The van der Waals surface area contributed by atoms with Crippen LogP contribution in [0.3, 0.4) is 0 Å². The minimum Gasteiger partial charge on any atom is -0.362 e. The predicted octanol–water partition coefficient (Wildman–Crippen LogP) is 2.49. The van der Waals surface area contributed by atoms with Crippen LogP contribution in [0, 0.1) is 0 Å². The first-order valence-electron chi connectivity index (χ1n) is 4.07. The van der Waals surface area contributed by atoms with Crippen LogP contribution in [0.4, 0.5) is 5.82 Å². The highest BCUT2D eigenvalue weighted by molar-refractivity contribution is 9.10. The van der Waals surface area contributed by atoms with Crippen LogP contribution in [0.1, 0.15) is 5.76 Å².